The number of rotatable bonds is 3. The number of nitrogens with one attached hydrogen (secondary N) is 1. The molecule has 0 aliphatic carbocycles. The van der Waals surface area contributed by atoms with Crippen molar-refractivity contribution in [1.29, 1.82) is 0 Å². The van der Waals surface area contributed by atoms with Gasteiger partial charge in [0.15, 0.2) is 0 Å². The molecule has 84 valence electrons. The summed E-state index contributed by atoms with van der Waals surface area (Å²) in [6, 6.07) is 0. The first-order valence-electron chi connectivity index (χ1n) is 4.95. The largest absolute Gasteiger partial charge is 0.318 e. The SMILES string of the molecule is CNCC(C)(C)N1CC(C)CS1(=O)=O. The predicted octanol–water partition coefficient (Wildman–Crippen LogP) is 0.266. The van der Waals surface area contributed by atoms with Crippen molar-refractivity contribution in [2.75, 3.05) is 25.9 Å². The molecule has 0 spiro atoms. The Morgan fingerprint density at radius 3 is 2.43 bits per heavy atom. The Hall–Kier alpha value is -0.130. The van der Waals surface area contributed by atoms with Crippen molar-refractivity contribution in [1.82, 2.24) is 9.62 Å². The second-order valence-electron chi connectivity index (χ2n) is 4.76. The summed E-state index contributed by atoms with van der Waals surface area (Å²) < 4.78 is 25.2. The molecule has 0 saturated carbocycles. The van der Waals surface area contributed by atoms with Crippen molar-refractivity contribution in [3.05, 3.63) is 0 Å². The molecule has 5 heteroatoms. The number of hydrogen-bond donors (Lipinski definition) is 1. The van der Waals surface area contributed by atoms with Gasteiger partial charge in [-0.3, -0.25) is 0 Å². The van der Waals surface area contributed by atoms with Crippen LogP contribution < -0.4 is 5.32 Å². The summed E-state index contributed by atoms with van der Waals surface area (Å²) in [6.07, 6.45) is 0. The third-order valence-corrected chi connectivity index (χ3v) is 4.90. The van der Waals surface area contributed by atoms with Crippen molar-refractivity contribution < 1.29 is 8.42 Å². The third-order valence-electron chi connectivity index (χ3n) is 2.59. The first-order valence-corrected chi connectivity index (χ1v) is 6.55. The molecule has 1 atom stereocenters. The molecular weight excluding hydrogens is 200 g/mol. The minimum atomic E-state index is -3.02. The highest BCUT2D eigenvalue weighted by molar-refractivity contribution is 7.89. The van der Waals surface area contributed by atoms with Crippen LogP contribution in [0.5, 0.6) is 0 Å². The van der Waals surface area contributed by atoms with Gasteiger partial charge in [0.05, 0.1) is 5.75 Å². The lowest BCUT2D eigenvalue weighted by Crippen LogP contribution is -2.50. The Morgan fingerprint density at radius 2 is 2.07 bits per heavy atom. The molecule has 1 fully saturated rings. The molecule has 0 radical (unpaired) electrons. The van der Waals surface area contributed by atoms with E-state index in [9.17, 15) is 8.42 Å². The predicted molar refractivity (Wildman–Crippen MR) is 57.7 cm³/mol. The van der Waals surface area contributed by atoms with Crippen LogP contribution in [0.2, 0.25) is 0 Å². The van der Waals surface area contributed by atoms with Gasteiger partial charge in [-0.15, -0.1) is 0 Å². The quantitative estimate of drug-likeness (QED) is 0.742. The van der Waals surface area contributed by atoms with Crippen LogP contribution in [0.4, 0.5) is 0 Å². The van der Waals surface area contributed by atoms with Gasteiger partial charge in [0.25, 0.3) is 0 Å². The molecule has 0 bridgehead atoms. The minimum absolute atomic E-state index is 0.246. The molecule has 1 aliphatic heterocycles. The van der Waals surface area contributed by atoms with Crippen LogP contribution in [-0.2, 0) is 10.0 Å². The molecule has 1 aliphatic rings. The molecule has 1 N–H and O–H groups in total. The maximum Gasteiger partial charge on any atom is 0.214 e. The molecular formula is C9H20N2O2S. The van der Waals surface area contributed by atoms with E-state index in [1.54, 1.807) is 4.31 Å². The van der Waals surface area contributed by atoms with Gasteiger partial charge in [-0.1, -0.05) is 6.92 Å². The van der Waals surface area contributed by atoms with Crippen LogP contribution in [-0.4, -0.2) is 44.2 Å². The van der Waals surface area contributed by atoms with Crippen LogP contribution in [0.15, 0.2) is 0 Å². The summed E-state index contributed by atoms with van der Waals surface area (Å²) in [7, 11) is -1.18. The van der Waals surface area contributed by atoms with E-state index in [0.717, 1.165) is 0 Å². The average molecular weight is 220 g/mol. The minimum Gasteiger partial charge on any atom is -0.318 e. The Labute approximate surface area is 86.7 Å². The van der Waals surface area contributed by atoms with E-state index in [2.05, 4.69) is 5.32 Å². The highest BCUT2D eigenvalue weighted by atomic mass is 32.2. The summed E-state index contributed by atoms with van der Waals surface area (Å²) in [5.41, 5.74) is -0.321. The third kappa shape index (κ3) is 2.27. The van der Waals surface area contributed by atoms with E-state index in [1.807, 2.05) is 27.8 Å². The summed E-state index contributed by atoms with van der Waals surface area (Å²) in [5.74, 6) is 0.538. The maximum absolute atomic E-state index is 11.8. The standard InChI is InChI=1S/C9H20N2O2S/c1-8-5-11(14(12,13)6-8)9(2,3)7-10-4/h8,10H,5-7H2,1-4H3. The Kier molecular flexibility index (Phi) is 3.23. The number of sulfonamides is 1. The molecule has 1 heterocycles. The Bertz CT molecular complexity index is 298. The van der Waals surface area contributed by atoms with Gasteiger partial charge in [-0.2, -0.15) is 4.31 Å². The summed E-state index contributed by atoms with van der Waals surface area (Å²) in [4.78, 5) is 0. The molecule has 0 aromatic carbocycles. The van der Waals surface area contributed by atoms with Crippen LogP contribution in [0.1, 0.15) is 20.8 Å². The zero-order valence-electron chi connectivity index (χ0n) is 9.37. The fourth-order valence-electron chi connectivity index (χ4n) is 2.04. The summed E-state index contributed by atoms with van der Waals surface area (Å²) in [6.45, 7) is 7.22. The number of hydrogen-bond acceptors (Lipinski definition) is 3. The Morgan fingerprint density at radius 1 is 1.50 bits per heavy atom. The lowest BCUT2D eigenvalue weighted by atomic mass is 10.0. The van der Waals surface area contributed by atoms with Crippen molar-refractivity contribution in [2.24, 2.45) is 5.92 Å². The Balaban J connectivity index is 2.88. The van der Waals surface area contributed by atoms with Gasteiger partial charge in [-0.25, -0.2) is 8.42 Å². The molecule has 0 aromatic rings. The smallest absolute Gasteiger partial charge is 0.214 e. The van der Waals surface area contributed by atoms with Gasteiger partial charge in [0.1, 0.15) is 0 Å². The van der Waals surface area contributed by atoms with Gasteiger partial charge in [0, 0.05) is 18.6 Å². The van der Waals surface area contributed by atoms with Crippen molar-refractivity contribution in [2.45, 2.75) is 26.3 Å². The molecule has 0 amide bonds. The zero-order valence-corrected chi connectivity index (χ0v) is 10.2. The summed E-state index contributed by atoms with van der Waals surface area (Å²) >= 11 is 0. The normalized spacial score (nSPS) is 28.1. The van der Waals surface area contributed by atoms with Gasteiger partial charge < -0.3 is 5.32 Å². The molecule has 0 aromatic heterocycles. The summed E-state index contributed by atoms with van der Waals surface area (Å²) in [5, 5.41) is 3.03. The van der Waals surface area contributed by atoms with Crippen molar-refractivity contribution >= 4 is 10.0 Å². The topological polar surface area (TPSA) is 49.4 Å². The fraction of sp³-hybridized carbons (Fsp3) is 1.00. The first-order chi connectivity index (χ1) is 6.29. The van der Waals surface area contributed by atoms with Crippen LogP contribution in [0.25, 0.3) is 0 Å². The number of nitrogens with zero attached hydrogens (tertiary/aromatic N) is 1. The van der Waals surface area contributed by atoms with Crippen molar-refractivity contribution in [3.8, 4) is 0 Å². The molecule has 14 heavy (non-hydrogen) atoms. The molecule has 4 nitrogen and oxygen atoms in total. The molecule has 1 unspecified atom stereocenters. The van der Waals surface area contributed by atoms with Crippen LogP contribution in [0.3, 0.4) is 0 Å². The van der Waals surface area contributed by atoms with E-state index in [1.165, 1.54) is 0 Å². The first kappa shape index (κ1) is 11.9. The van der Waals surface area contributed by atoms with E-state index in [0.29, 0.717) is 18.8 Å². The fourth-order valence-corrected chi connectivity index (χ4v) is 4.35. The monoisotopic (exact) mass is 220 g/mol. The van der Waals surface area contributed by atoms with E-state index >= 15 is 0 Å². The van der Waals surface area contributed by atoms with Gasteiger partial charge in [0.2, 0.25) is 10.0 Å². The van der Waals surface area contributed by atoms with E-state index in [4.69, 9.17) is 0 Å². The highest BCUT2D eigenvalue weighted by Crippen LogP contribution is 2.27. The van der Waals surface area contributed by atoms with Crippen LogP contribution in [0, 0.1) is 5.92 Å². The zero-order chi connectivity index (χ0) is 11.0. The van der Waals surface area contributed by atoms with Gasteiger partial charge in [-0.05, 0) is 26.8 Å². The maximum atomic E-state index is 11.8. The van der Waals surface area contributed by atoms with E-state index in [-0.39, 0.29) is 11.5 Å². The molecule has 1 rings (SSSR count). The van der Waals surface area contributed by atoms with Crippen LogP contribution >= 0.6 is 0 Å². The second kappa shape index (κ2) is 3.79. The van der Waals surface area contributed by atoms with Crippen molar-refractivity contribution in [3.63, 3.8) is 0 Å². The lowest BCUT2D eigenvalue weighted by Gasteiger charge is -2.33. The van der Waals surface area contributed by atoms with E-state index < -0.39 is 10.0 Å². The second-order valence-corrected chi connectivity index (χ2v) is 6.70. The highest BCUT2D eigenvalue weighted by Gasteiger charge is 2.42. The lowest BCUT2D eigenvalue weighted by molar-refractivity contribution is 0.226. The van der Waals surface area contributed by atoms with Gasteiger partial charge >= 0.3 is 0 Å². The molecule has 1 saturated heterocycles. The average Bonchev–Trinajstić information content (AvgIpc) is 2.24. The number of likely N-dealkylation sites (N-methyl/N-ethyl adjacent to an activating group) is 1.